The van der Waals surface area contributed by atoms with Gasteiger partial charge < -0.3 is 20.1 Å². The van der Waals surface area contributed by atoms with E-state index in [-0.39, 0.29) is 24.0 Å². The Kier molecular flexibility index (Phi) is 10.2. The second kappa shape index (κ2) is 12.9. The third-order valence-electron chi connectivity index (χ3n) is 4.51. The molecule has 0 saturated carbocycles. The molecule has 0 radical (unpaired) electrons. The predicted octanol–water partition coefficient (Wildman–Crippen LogP) is 3.29. The monoisotopic (exact) mass is 536 g/mol. The van der Waals surface area contributed by atoms with Gasteiger partial charge in [-0.15, -0.1) is 24.0 Å². The van der Waals surface area contributed by atoms with Gasteiger partial charge in [0, 0.05) is 38.4 Å². The molecule has 3 aromatic rings. The standard InChI is InChI=1S/C22H28N6O2.HI/c1-16-7-8-19(20(11-16)30-10-9-29-3)14-25-22(23-2)24-13-17-5-4-6-18(12-17)21-26-15-27-28-21;/h4-8,11-12,15H,9-10,13-14H2,1-3H3,(H2,23,24,25)(H,26,27,28);1H. The van der Waals surface area contributed by atoms with Crippen LogP contribution < -0.4 is 15.4 Å². The van der Waals surface area contributed by atoms with Crippen LogP contribution >= 0.6 is 24.0 Å². The number of methoxy groups -OCH3 is 1. The van der Waals surface area contributed by atoms with Crippen LogP contribution in [0.4, 0.5) is 0 Å². The molecule has 0 atom stereocenters. The lowest BCUT2D eigenvalue weighted by Gasteiger charge is -2.15. The molecule has 1 heterocycles. The maximum Gasteiger partial charge on any atom is 0.191 e. The summed E-state index contributed by atoms with van der Waals surface area (Å²) in [5.74, 6) is 2.32. The number of halogens is 1. The summed E-state index contributed by atoms with van der Waals surface area (Å²) in [5.41, 5.74) is 4.32. The highest BCUT2D eigenvalue weighted by molar-refractivity contribution is 14.0. The van der Waals surface area contributed by atoms with E-state index in [0.717, 1.165) is 33.8 Å². The number of nitrogens with zero attached hydrogens (tertiary/aromatic N) is 3. The fourth-order valence-corrected chi connectivity index (χ4v) is 2.94. The van der Waals surface area contributed by atoms with Crippen molar-refractivity contribution in [2.24, 2.45) is 4.99 Å². The first-order valence-electron chi connectivity index (χ1n) is 9.80. The van der Waals surface area contributed by atoms with Gasteiger partial charge in [0.1, 0.15) is 18.7 Å². The molecular weight excluding hydrogens is 507 g/mol. The van der Waals surface area contributed by atoms with Gasteiger partial charge in [-0.25, -0.2) is 4.98 Å². The summed E-state index contributed by atoms with van der Waals surface area (Å²) >= 11 is 0. The molecule has 1 aromatic heterocycles. The SMILES string of the molecule is CN=C(NCc1cccc(-c2ncn[nH]2)c1)NCc1ccc(C)cc1OCCOC.I. The van der Waals surface area contributed by atoms with Crippen LogP contribution in [0.15, 0.2) is 53.8 Å². The van der Waals surface area contributed by atoms with Crippen molar-refractivity contribution in [1.82, 2.24) is 25.8 Å². The zero-order chi connectivity index (χ0) is 21.2. The minimum Gasteiger partial charge on any atom is -0.491 e. The van der Waals surface area contributed by atoms with Crippen molar-refractivity contribution in [2.75, 3.05) is 27.4 Å². The number of guanidine groups is 1. The van der Waals surface area contributed by atoms with Gasteiger partial charge in [-0.1, -0.05) is 30.3 Å². The minimum absolute atomic E-state index is 0. The quantitative estimate of drug-likeness (QED) is 0.168. The normalized spacial score (nSPS) is 11.0. The average molecular weight is 536 g/mol. The molecule has 0 fully saturated rings. The largest absolute Gasteiger partial charge is 0.491 e. The maximum absolute atomic E-state index is 5.86. The Morgan fingerprint density at radius 2 is 1.94 bits per heavy atom. The molecule has 0 spiro atoms. The molecule has 0 amide bonds. The first kappa shape index (κ1) is 24.6. The summed E-state index contributed by atoms with van der Waals surface area (Å²) in [5, 5.41) is 13.5. The molecule has 31 heavy (non-hydrogen) atoms. The van der Waals surface area contributed by atoms with Crippen molar-refractivity contribution in [1.29, 1.82) is 0 Å². The van der Waals surface area contributed by atoms with Crippen molar-refractivity contribution in [2.45, 2.75) is 20.0 Å². The molecule has 0 aliphatic rings. The molecule has 166 valence electrons. The van der Waals surface area contributed by atoms with E-state index in [9.17, 15) is 0 Å². The second-order valence-corrected chi connectivity index (χ2v) is 6.77. The van der Waals surface area contributed by atoms with E-state index in [2.05, 4.69) is 55.1 Å². The predicted molar refractivity (Wildman–Crippen MR) is 133 cm³/mol. The number of H-pyrrole nitrogens is 1. The van der Waals surface area contributed by atoms with Crippen molar-refractivity contribution in [3.63, 3.8) is 0 Å². The number of aliphatic imine (C=N–C) groups is 1. The van der Waals surface area contributed by atoms with E-state index in [4.69, 9.17) is 9.47 Å². The van der Waals surface area contributed by atoms with E-state index in [1.54, 1.807) is 14.2 Å². The number of aryl methyl sites for hydroxylation is 1. The number of benzene rings is 2. The molecule has 0 aliphatic heterocycles. The number of rotatable bonds is 9. The number of aromatic amines is 1. The van der Waals surface area contributed by atoms with Crippen LogP contribution in [-0.4, -0.2) is 48.5 Å². The molecule has 2 aromatic carbocycles. The smallest absolute Gasteiger partial charge is 0.191 e. The molecule has 0 unspecified atom stereocenters. The summed E-state index contributed by atoms with van der Waals surface area (Å²) in [4.78, 5) is 8.52. The fourth-order valence-electron chi connectivity index (χ4n) is 2.94. The third-order valence-corrected chi connectivity index (χ3v) is 4.51. The Labute approximate surface area is 199 Å². The van der Waals surface area contributed by atoms with Gasteiger partial charge in [-0.3, -0.25) is 10.1 Å². The van der Waals surface area contributed by atoms with E-state index < -0.39 is 0 Å². The summed E-state index contributed by atoms with van der Waals surface area (Å²) in [6.45, 7) is 4.35. The van der Waals surface area contributed by atoms with Crippen LogP contribution in [0, 0.1) is 6.92 Å². The third kappa shape index (κ3) is 7.51. The molecular formula is C22H29IN6O2. The number of nitrogens with one attached hydrogen (secondary N) is 3. The lowest BCUT2D eigenvalue weighted by atomic mass is 10.1. The summed E-state index contributed by atoms with van der Waals surface area (Å²) in [7, 11) is 3.42. The van der Waals surface area contributed by atoms with Crippen molar-refractivity contribution < 1.29 is 9.47 Å². The number of ether oxygens (including phenoxy) is 2. The zero-order valence-corrected chi connectivity index (χ0v) is 20.3. The van der Waals surface area contributed by atoms with Gasteiger partial charge in [0.05, 0.1) is 6.61 Å². The van der Waals surface area contributed by atoms with Crippen molar-refractivity contribution >= 4 is 29.9 Å². The molecule has 0 aliphatic carbocycles. The highest BCUT2D eigenvalue weighted by Gasteiger charge is 2.07. The van der Waals surface area contributed by atoms with E-state index in [1.807, 2.05) is 25.1 Å². The summed E-state index contributed by atoms with van der Waals surface area (Å²) < 4.78 is 10.9. The summed E-state index contributed by atoms with van der Waals surface area (Å²) in [6.07, 6.45) is 1.50. The van der Waals surface area contributed by atoms with Gasteiger partial charge in [0.2, 0.25) is 0 Å². The molecule has 3 rings (SSSR count). The summed E-state index contributed by atoms with van der Waals surface area (Å²) in [6, 6.07) is 14.3. The van der Waals surface area contributed by atoms with Gasteiger partial charge >= 0.3 is 0 Å². The number of aromatic nitrogens is 3. The fraction of sp³-hybridized carbons (Fsp3) is 0.318. The molecule has 8 nitrogen and oxygen atoms in total. The lowest BCUT2D eigenvalue weighted by Crippen LogP contribution is -2.36. The molecule has 9 heteroatoms. The highest BCUT2D eigenvalue weighted by atomic mass is 127. The van der Waals surface area contributed by atoms with Crippen LogP contribution in [0.25, 0.3) is 11.4 Å². The van der Waals surface area contributed by atoms with Crippen LogP contribution in [0.3, 0.4) is 0 Å². The number of hydrogen-bond donors (Lipinski definition) is 3. The number of hydrogen-bond acceptors (Lipinski definition) is 5. The second-order valence-electron chi connectivity index (χ2n) is 6.77. The van der Waals surface area contributed by atoms with Crippen molar-refractivity contribution in [3.05, 3.63) is 65.5 Å². The lowest BCUT2D eigenvalue weighted by molar-refractivity contribution is 0.145. The molecule has 0 saturated heterocycles. The Hall–Kier alpha value is -2.66. The average Bonchev–Trinajstić information content (AvgIpc) is 3.30. The topological polar surface area (TPSA) is 96.5 Å². The van der Waals surface area contributed by atoms with Crippen LogP contribution in [-0.2, 0) is 17.8 Å². The molecule has 0 bridgehead atoms. The van der Waals surface area contributed by atoms with Crippen LogP contribution in [0.2, 0.25) is 0 Å². The van der Waals surface area contributed by atoms with E-state index in [0.29, 0.717) is 32.3 Å². The van der Waals surface area contributed by atoms with Gasteiger partial charge in [-0.2, -0.15) is 5.10 Å². The van der Waals surface area contributed by atoms with E-state index >= 15 is 0 Å². The van der Waals surface area contributed by atoms with Gasteiger partial charge in [0.25, 0.3) is 0 Å². The first-order chi connectivity index (χ1) is 14.7. The Morgan fingerprint density at radius 1 is 1.10 bits per heavy atom. The Bertz CT molecular complexity index is 962. The Morgan fingerprint density at radius 3 is 2.68 bits per heavy atom. The molecule has 3 N–H and O–H groups in total. The highest BCUT2D eigenvalue weighted by Crippen LogP contribution is 2.20. The zero-order valence-electron chi connectivity index (χ0n) is 18.0. The van der Waals surface area contributed by atoms with Gasteiger partial charge in [-0.05, 0) is 30.2 Å². The maximum atomic E-state index is 5.86. The first-order valence-corrected chi connectivity index (χ1v) is 9.80. The van der Waals surface area contributed by atoms with Gasteiger partial charge in [0.15, 0.2) is 11.8 Å². The van der Waals surface area contributed by atoms with E-state index in [1.165, 1.54) is 6.33 Å². The van der Waals surface area contributed by atoms with Crippen LogP contribution in [0.1, 0.15) is 16.7 Å². The van der Waals surface area contributed by atoms with Crippen molar-refractivity contribution in [3.8, 4) is 17.1 Å². The van der Waals surface area contributed by atoms with Crippen LogP contribution in [0.5, 0.6) is 5.75 Å². The Balaban J connectivity index is 0.00000341. The minimum atomic E-state index is 0.